The lowest BCUT2D eigenvalue weighted by molar-refractivity contribution is -0.123. The van der Waals surface area contributed by atoms with Crippen molar-refractivity contribution in [1.29, 1.82) is 0 Å². The molecule has 0 aromatic heterocycles. The number of unbranched alkanes of at least 4 members (excludes halogenated alkanes) is 24. The Hall–Kier alpha value is -1.28. The molecule has 0 rings (SSSR count). The minimum atomic E-state index is -4.35. The largest absolute Gasteiger partial charge is 0.472 e. The highest BCUT2D eigenvalue weighted by Crippen LogP contribution is 2.43. The van der Waals surface area contributed by atoms with Crippen molar-refractivity contribution in [2.45, 2.75) is 212 Å². The van der Waals surface area contributed by atoms with Crippen LogP contribution < -0.4 is 11.1 Å². The standard InChI is InChI=1S/C43H83N2O6P/c1-3-5-7-9-11-13-15-17-19-20-21-22-23-24-26-28-30-32-34-36-42(46)41(40-51-52(48,49)50-39-38-44)45-43(47)37-35-33-31-29-27-25-18-16-14-12-10-8-6-4-2/h16,18,26,28,34,36,41-42,46H,3-15,17,19-25,27,29-33,35,37-40,44H2,1-2H3,(H,45,47)(H,48,49)/b18-16-,28-26+,36-34+. The van der Waals surface area contributed by atoms with E-state index in [-0.39, 0.29) is 25.7 Å². The lowest BCUT2D eigenvalue weighted by atomic mass is 10.0. The molecule has 3 unspecified atom stereocenters. The van der Waals surface area contributed by atoms with Crippen LogP contribution in [0, 0.1) is 0 Å². The highest BCUT2D eigenvalue weighted by Gasteiger charge is 2.26. The van der Waals surface area contributed by atoms with Crippen LogP contribution in [-0.2, 0) is 18.4 Å². The fourth-order valence-corrected chi connectivity index (χ4v) is 6.90. The number of carbonyl (C=O) groups excluding carboxylic acids is 1. The Labute approximate surface area is 320 Å². The Balaban J connectivity index is 4.28. The maximum atomic E-state index is 12.7. The second-order valence-electron chi connectivity index (χ2n) is 14.5. The highest BCUT2D eigenvalue weighted by atomic mass is 31.2. The molecule has 5 N–H and O–H groups in total. The number of aliphatic hydroxyl groups is 1. The molecule has 0 aliphatic carbocycles. The third-order valence-electron chi connectivity index (χ3n) is 9.44. The van der Waals surface area contributed by atoms with E-state index in [1.807, 2.05) is 6.08 Å². The van der Waals surface area contributed by atoms with E-state index in [0.29, 0.717) is 6.42 Å². The van der Waals surface area contributed by atoms with E-state index in [2.05, 4.69) is 43.5 Å². The lowest BCUT2D eigenvalue weighted by Gasteiger charge is -2.23. The second kappa shape index (κ2) is 39.4. The van der Waals surface area contributed by atoms with Gasteiger partial charge in [-0.3, -0.25) is 13.8 Å². The predicted octanol–water partition coefficient (Wildman–Crippen LogP) is 11.9. The Bertz CT molecular complexity index is 912. The fraction of sp³-hybridized carbons (Fsp3) is 0.837. The first kappa shape index (κ1) is 50.7. The lowest BCUT2D eigenvalue weighted by Crippen LogP contribution is -2.45. The number of hydrogen-bond acceptors (Lipinski definition) is 6. The summed E-state index contributed by atoms with van der Waals surface area (Å²) < 4.78 is 22.1. The normalized spacial score (nSPS) is 14.5. The van der Waals surface area contributed by atoms with Gasteiger partial charge in [-0.2, -0.15) is 0 Å². The molecule has 1 amide bonds. The summed E-state index contributed by atoms with van der Waals surface area (Å²) >= 11 is 0. The van der Waals surface area contributed by atoms with Gasteiger partial charge in [-0.1, -0.05) is 172 Å². The number of phosphoric ester groups is 1. The van der Waals surface area contributed by atoms with Gasteiger partial charge in [-0.05, 0) is 57.8 Å². The Kier molecular flexibility index (Phi) is 38.4. The van der Waals surface area contributed by atoms with E-state index in [1.165, 1.54) is 128 Å². The molecule has 306 valence electrons. The van der Waals surface area contributed by atoms with E-state index >= 15 is 0 Å². The van der Waals surface area contributed by atoms with E-state index in [1.54, 1.807) is 6.08 Å². The number of carbonyl (C=O) groups is 1. The molecule has 0 fully saturated rings. The summed E-state index contributed by atoms with van der Waals surface area (Å²) in [5, 5.41) is 13.6. The number of nitrogens with two attached hydrogens (primary N) is 1. The quantitative estimate of drug-likeness (QED) is 0.0278. The van der Waals surface area contributed by atoms with Crippen molar-refractivity contribution < 1.29 is 28.4 Å². The van der Waals surface area contributed by atoms with Crippen LogP contribution in [0.15, 0.2) is 36.5 Å². The molecule has 0 bridgehead atoms. The van der Waals surface area contributed by atoms with Gasteiger partial charge >= 0.3 is 7.82 Å². The third-order valence-corrected chi connectivity index (χ3v) is 10.4. The van der Waals surface area contributed by atoms with Gasteiger partial charge in [0.2, 0.25) is 5.91 Å². The van der Waals surface area contributed by atoms with E-state index < -0.39 is 20.0 Å². The Morgan fingerprint density at radius 3 is 1.48 bits per heavy atom. The molecule has 0 heterocycles. The van der Waals surface area contributed by atoms with Crippen LogP contribution in [0.3, 0.4) is 0 Å². The zero-order valence-electron chi connectivity index (χ0n) is 33.8. The topological polar surface area (TPSA) is 131 Å². The van der Waals surface area contributed by atoms with Gasteiger partial charge in [0.15, 0.2) is 0 Å². The SMILES string of the molecule is CCCCCCC/C=C\CCCCCCCC(=O)NC(COP(=O)(O)OCCN)C(O)/C=C/CC/C=C/CCCCCCCCCCCCCCC. The summed E-state index contributed by atoms with van der Waals surface area (Å²) in [4.78, 5) is 22.7. The molecule has 0 aromatic carbocycles. The van der Waals surface area contributed by atoms with Crippen LogP contribution in [0.5, 0.6) is 0 Å². The number of allylic oxidation sites excluding steroid dienone is 5. The molecule has 8 nitrogen and oxygen atoms in total. The summed E-state index contributed by atoms with van der Waals surface area (Å²) in [6.07, 6.45) is 46.2. The molecule has 0 aromatic rings. The fourth-order valence-electron chi connectivity index (χ4n) is 6.14. The molecule has 52 heavy (non-hydrogen) atoms. The van der Waals surface area contributed by atoms with Gasteiger partial charge in [0.05, 0.1) is 25.4 Å². The molecule has 9 heteroatoms. The van der Waals surface area contributed by atoms with Crippen molar-refractivity contribution in [3.63, 3.8) is 0 Å². The molecular formula is C43H83N2O6P. The first-order valence-electron chi connectivity index (χ1n) is 21.6. The van der Waals surface area contributed by atoms with Gasteiger partial charge in [0.25, 0.3) is 0 Å². The average Bonchev–Trinajstić information content (AvgIpc) is 3.13. The molecule has 3 atom stereocenters. The van der Waals surface area contributed by atoms with Crippen LogP contribution in [-0.4, -0.2) is 47.8 Å². The average molecular weight is 755 g/mol. The maximum absolute atomic E-state index is 12.7. The van der Waals surface area contributed by atoms with E-state index in [0.717, 1.165) is 51.4 Å². The smallest absolute Gasteiger partial charge is 0.387 e. The monoisotopic (exact) mass is 755 g/mol. The molecule has 0 radical (unpaired) electrons. The summed E-state index contributed by atoms with van der Waals surface area (Å²) in [7, 11) is -4.35. The van der Waals surface area contributed by atoms with Crippen LogP contribution in [0.4, 0.5) is 0 Å². The van der Waals surface area contributed by atoms with Gasteiger partial charge in [-0.25, -0.2) is 4.57 Å². The first-order valence-corrected chi connectivity index (χ1v) is 23.1. The minimum absolute atomic E-state index is 0.0726. The zero-order valence-corrected chi connectivity index (χ0v) is 34.7. The van der Waals surface area contributed by atoms with Crippen molar-refractivity contribution in [3.05, 3.63) is 36.5 Å². The molecular weight excluding hydrogens is 671 g/mol. The first-order chi connectivity index (χ1) is 25.4. The predicted molar refractivity (Wildman–Crippen MR) is 221 cm³/mol. The van der Waals surface area contributed by atoms with Gasteiger partial charge in [0, 0.05) is 13.0 Å². The van der Waals surface area contributed by atoms with Crippen LogP contribution in [0.2, 0.25) is 0 Å². The van der Waals surface area contributed by atoms with Crippen molar-refractivity contribution in [3.8, 4) is 0 Å². The summed E-state index contributed by atoms with van der Waals surface area (Å²) in [5.74, 6) is -0.213. The second-order valence-corrected chi connectivity index (χ2v) is 16.0. The maximum Gasteiger partial charge on any atom is 0.472 e. The highest BCUT2D eigenvalue weighted by molar-refractivity contribution is 7.47. The van der Waals surface area contributed by atoms with Gasteiger partial charge in [-0.15, -0.1) is 0 Å². The van der Waals surface area contributed by atoms with E-state index in [4.69, 9.17) is 14.8 Å². The zero-order chi connectivity index (χ0) is 38.2. The van der Waals surface area contributed by atoms with Gasteiger partial charge < -0.3 is 21.1 Å². The van der Waals surface area contributed by atoms with Crippen LogP contribution in [0.1, 0.15) is 200 Å². The number of amides is 1. The number of nitrogens with one attached hydrogen (secondary N) is 1. The summed E-state index contributed by atoms with van der Waals surface area (Å²) in [5.41, 5.74) is 5.37. The van der Waals surface area contributed by atoms with Crippen molar-refractivity contribution >= 4 is 13.7 Å². The van der Waals surface area contributed by atoms with Crippen molar-refractivity contribution in [2.75, 3.05) is 19.8 Å². The summed E-state index contributed by atoms with van der Waals surface area (Å²) in [6, 6.07) is -0.879. The van der Waals surface area contributed by atoms with Crippen LogP contribution in [0.25, 0.3) is 0 Å². The Morgan fingerprint density at radius 1 is 0.615 bits per heavy atom. The number of phosphoric acid groups is 1. The van der Waals surface area contributed by atoms with Gasteiger partial charge in [0.1, 0.15) is 0 Å². The van der Waals surface area contributed by atoms with Crippen LogP contribution >= 0.6 is 7.82 Å². The van der Waals surface area contributed by atoms with Crippen molar-refractivity contribution in [2.24, 2.45) is 5.73 Å². The molecule has 0 spiro atoms. The molecule has 0 aliphatic rings. The number of rotatable bonds is 40. The van der Waals surface area contributed by atoms with E-state index in [9.17, 15) is 19.4 Å². The molecule has 0 saturated heterocycles. The summed E-state index contributed by atoms with van der Waals surface area (Å²) in [6.45, 7) is 4.10. The molecule has 0 saturated carbocycles. The Morgan fingerprint density at radius 2 is 1.02 bits per heavy atom. The minimum Gasteiger partial charge on any atom is -0.387 e. The molecule has 0 aliphatic heterocycles. The number of hydrogen-bond donors (Lipinski definition) is 4. The van der Waals surface area contributed by atoms with Crippen molar-refractivity contribution in [1.82, 2.24) is 5.32 Å². The number of aliphatic hydroxyl groups excluding tert-OH is 1. The third kappa shape index (κ3) is 37.1.